The zero-order valence-electron chi connectivity index (χ0n) is 11.8. The van der Waals surface area contributed by atoms with E-state index < -0.39 is 0 Å². The van der Waals surface area contributed by atoms with E-state index in [0.717, 1.165) is 10.0 Å². The maximum absolute atomic E-state index is 12.1. The Morgan fingerprint density at radius 1 is 1.23 bits per heavy atom. The van der Waals surface area contributed by atoms with Gasteiger partial charge in [0.05, 0.1) is 11.0 Å². The van der Waals surface area contributed by atoms with Crippen LogP contribution in [0.4, 0.5) is 0 Å². The average molecular weight is 357 g/mol. The molecule has 3 aromatic rings. The van der Waals surface area contributed by atoms with E-state index in [1.807, 2.05) is 37.3 Å². The van der Waals surface area contributed by atoms with Gasteiger partial charge in [-0.2, -0.15) is 0 Å². The first-order valence-electron chi connectivity index (χ1n) is 6.70. The number of aromatic nitrogens is 2. The lowest BCUT2D eigenvalue weighted by molar-refractivity contribution is 0.515. The van der Waals surface area contributed by atoms with Crippen LogP contribution in [-0.4, -0.2) is 15.1 Å². The van der Waals surface area contributed by atoms with Crippen LogP contribution in [0.15, 0.2) is 51.7 Å². The van der Waals surface area contributed by atoms with Crippen molar-refractivity contribution in [2.75, 3.05) is 0 Å². The molecular weight excluding hydrogens is 344 g/mol. The maximum atomic E-state index is 12.1. The van der Waals surface area contributed by atoms with Crippen molar-refractivity contribution >= 4 is 38.8 Å². The number of rotatable bonds is 2. The molecule has 0 spiro atoms. The highest BCUT2D eigenvalue weighted by atomic mass is 79.9. The zero-order valence-corrected chi connectivity index (χ0v) is 13.4. The van der Waals surface area contributed by atoms with Crippen LogP contribution in [0.1, 0.15) is 16.8 Å². The summed E-state index contributed by atoms with van der Waals surface area (Å²) in [7, 11) is 0. The molecule has 1 aromatic heterocycles. The Morgan fingerprint density at radius 3 is 2.68 bits per heavy atom. The molecule has 2 aromatic carbocycles. The van der Waals surface area contributed by atoms with Crippen molar-refractivity contribution in [2.45, 2.75) is 6.92 Å². The van der Waals surface area contributed by atoms with Crippen molar-refractivity contribution in [3.63, 3.8) is 0 Å². The van der Waals surface area contributed by atoms with Gasteiger partial charge < -0.3 is 10.1 Å². The number of nitrogens with zero attached hydrogens (tertiary/aromatic N) is 1. The number of fused-ring (bicyclic) bond motifs is 1. The number of hydrogen-bond acceptors (Lipinski definition) is 3. The normalized spacial score (nSPS) is 11.8. The van der Waals surface area contributed by atoms with Gasteiger partial charge in [0.25, 0.3) is 5.56 Å². The first kappa shape index (κ1) is 14.5. The minimum Gasteiger partial charge on any atom is -0.507 e. The third kappa shape index (κ3) is 2.94. The summed E-state index contributed by atoms with van der Waals surface area (Å²) < 4.78 is 0.918. The topological polar surface area (TPSA) is 66.0 Å². The standard InChI is InChI=1S/C17H13BrN2O2/c1-10-2-7-13-14(8-10)20-17(22)15(19-13)9-16(21)11-3-5-12(18)6-4-11/h2-9,21H,1H3,(H,20,22)/b16-9-. The lowest BCUT2D eigenvalue weighted by Gasteiger charge is -2.03. The van der Waals surface area contributed by atoms with Crippen LogP contribution in [0.2, 0.25) is 0 Å². The predicted molar refractivity (Wildman–Crippen MR) is 91.7 cm³/mol. The summed E-state index contributed by atoms with van der Waals surface area (Å²) in [4.78, 5) is 19.2. The summed E-state index contributed by atoms with van der Waals surface area (Å²) in [5.41, 5.74) is 2.88. The predicted octanol–water partition coefficient (Wildman–Crippen LogP) is 4.05. The van der Waals surface area contributed by atoms with E-state index >= 15 is 0 Å². The van der Waals surface area contributed by atoms with Crippen molar-refractivity contribution in [3.8, 4) is 0 Å². The fourth-order valence-corrected chi connectivity index (χ4v) is 2.41. The van der Waals surface area contributed by atoms with Crippen LogP contribution in [0.5, 0.6) is 0 Å². The SMILES string of the molecule is Cc1ccc2nc(/C=C(\O)c3ccc(Br)cc3)c(=O)[nH]c2c1. The van der Waals surface area contributed by atoms with Crippen LogP contribution >= 0.6 is 15.9 Å². The second kappa shape index (κ2) is 5.77. The molecule has 0 saturated carbocycles. The van der Waals surface area contributed by atoms with Crippen LogP contribution in [0.3, 0.4) is 0 Å². The average Bonchev–Trinajstić information content (AvgIpc) is 2.49. The van der Waals surface area contributed by atoms with Gasteiger partial charge >= 0.3 is 0 Å². The molecule has 1 heterocycles. The molecule has 0 amide bonds. The van der Waals surface area contributed by atoms with Crippen LogP contribution in [-0.2, 0) is 0 Å². The third-order valence-corrected chi connectivity index (χ3v) is 3.82. The molecule has 0 aliphatic heterocycles. The number of halogens is 1. The molecule has 0 saturated heterocycles. The summed E-state index contributed by atoms with van der Waals surface area (Å²) in [6.07, 6.45) is 1.38. The molecule has 0 fully saturated rings. The molecule has 22 heavy (non-hydrogen) atoms. The first-order valence-corrected chi connectivity index (χ1v) is 7.49. The Kier molecular flexibility index (Phi) is 3.81. The molecule has 0 aliphatic carbocycles. The number of nitrogens with one attached hydrogen (secondary N) is 1. The summed E-state index contributed by atoms with van der Waals surface area (Å²) in [6.45, 7) is 1.95. The fraction of sp³-hybridized carbons (Fsp3) is 0.0588. The smallest absolute Gasteiger partial charge is 0.274 e. The Labute approximate surface area is 135 Å². The lowest BCUT2D eigenvalue weighted by Crippen LogP contribution is -2.12. The number of benzene rings is 2. The van der Waals surface area contributed by atoms with Gasteiger partial charge in [0, 0.05) is 16.1 Å². The van der Waals surface area contributed by atoms with Gasteiger partial charge in [-0.25, -0.2) is 4.98 Å². The van der Waals surface area contributed by atoms with Gasteiger partial charge in [0.2, 0.25) is 0 Å². The number of H-pyrrole nitrogens is 1. The van der Waals surface area contributed by atoms with Crippen molar-refractivity contribution in [1.82, 2.24) is 9.97 Å². The third-order valence-electron chi connectivity index (χ3n) is 3.29. The van der Waals surface area contributed by atoms with E-state index in [1.54, 1.807) is 12.1 Å². The molecule has 0 atom stereocenters. The number of hydrogen-bond donors (Lipinski definition) is 2. The lowest BCUT2D eigenvalue weighted by atomic mass is 10.1. The highest BCUT2D eigenvalue weighted by molar-refractivity contribution is 9.10. The first-order chi connectivity index (χ1) is 10.5. The Bertz CT molecular complexity index is 928. The largest absolute Gasteiger partial charge is 0.507 e. The van der Waals surface area contributed by atoms with Gasteiger partial charge in [0.15, 0.2) is 0 Å². The molecule has 0 bridgehead atoms. The monoisotopic (exact) mass is 356 g/mol. The quantitative estimate of drug-likeness (QED) is 0.680. The molecule has 110 valence electrons. The van der Waals surface area contributed by atoms with Crippen molar-refractivity contribution < 1.29 is 5.11 Å². The highest BCUT2D eigenvalue weighted by Gasteiger charge is 2.06. The Morgan fingerprint density at radius 2 is 1.95 bits per heavy atom. The molecule has 0 unspecified atom stereocenters. The van der Waals surface area contributed by atoms with Gasteiger partial charge in [-0.15, -0.1) is 0 Å². The van der Waals surface area contributed by atoms with Crippen molar-refractivity contribution in [3.05, 3.63) is 74.1 Å². The summed E-state index contributed by atoms with van der Waals surface area (Å²) >= 11 is 3.34. The molecule has 3 rings (SSSR count). The second-order valence-electron chi connectivity index (χ2n) is 5.01. The minimum atomic E-state index is -0.332. The highest BCUT2D eigenvalue weighted by Crippen LogP contribution is 2.18. The molecule has 5 heteroatoms. The Hall–Kier alpha value is -2.40. The summed E-state index contributed by atoms with van der Waals surface area (Å²) in [5, 5.41) is 10.2. The van der Waals surface area contributed by atoms with E-state index in [9.17, 15) is 9.90 Å². The van der Waals surface area contributed by atoms with Crippen molar-refractivity contribution in [2.24, 2.45) is 0 Å². The second-order valence-corrected chi connectivity index (χ2v) is 5.92. The fourth-order valence-electron chi connectivity index (χ4n) is 2.15. The number of aryl methyl sites for hydroxylation is 1. The Balaban J connectivity index is 2.07. The number of aliphatic hydroxyl groups is 1. The summed E-state index contributed by atoms with van der Waals surface area (Å²) in [5.74, 6) is -0.00281. The molecule has 4 nitrogen and oxygen atoms in total. The maximum Gasteiger partial charge on any atom is 0.274 e. The van der Waals surface area contributed by atoms with E-state index in [2.05, 4.69) is 25.9 Å². The number of aliphatic hydroxyl groups excluding tert-OH is 1. The molecular formula is C17H13BrN2O2. The zero-order chi connectivity index (χ0) is 15.7. The molecule has 2 N–H and O–H groups in total. The van der Waals surface area contributed by atoms with Gasteiger partial charge in [-0.05, 0) is 36.8 Å². The van der Waals surface area contributed by atoms with Crippen molar-refractivity contribution in [1.29, 1.82) is 0 Å². The van der Waals surface area contributed by atoms with Crippen LogP contribution in [0.25, 0.3) is 22.9 Å². The minimum absolute atomic E-state index is 0.00281. The summed E-state index contributed by atoms with van der Waals surface area (Å²) in [6, 6.07) is 12.8. The molecule has 0 radical (unpaired) electrons. The van der Waals surface area contributed by atoms with E-state index in [-0.39, 0.29) is 17.0 Å². The van der Waals surface area contributed by atoms with Crippen LogP contribution in [0, 0.1) is 6.92 Å². The van der Waals surface area contributed by atoms with E-state index in [1.165, 1.54) is 6.08 Å². The molecule has 0 aliphatic rings. The van der Waals surface area contributed by atoms with E-state index in [0.29, 0.717) is 16.6 Å². The van der Waals surface area contributed by atoms with E-state index in [4.69, 9.17) is 0 Å². The number of aromatic amines is 1. The van der Waals surface area contributed by atoms with Gasteiger partial charge in [-0.1, -0.05) is 34.1 Å². The van der Waals surface area contributed by atoms with Gasteiger partial charge in [0.1, 0.15) is 11.5 Å². The van der Waals surface area contributed by atoms with Crippen LogP contribution < -0.4 is 5.56 Å². The van der Waals surface area contributed by atoms with Gasteiger partial charge in [-0.3, -0.25) is 4.79 Å².